The van der Waals surface area contributed by atoms with Crippen LogP contribution < -0.4 is 10.5 Å². The van der Waals surface area contributed by atoms with Crippen LogP contribution in [0.15, 0.2) is 39.8 Å². The van der Waals surface area contributed by atoms with Crippen molar-refractivity contribution in [3.05, 3.63) is 41.0 Å². The van der Waals surface area contributed by atoms with Crippen LogP contribution in [-0.2, 0) is 10.0 Å². The Kier molecular flexibility index (Phi) is 3.91. The molecule has 1 aromatic carbocycles. The maximum Gasteiger partial charge on any atom is 0.273 e. The van der Waals surface area contributed by atoms with E-state index >= 15 is 0 Å². The molecule has 0 spiro atoms. The molecular weight excluding hydrogens is 300 g/mol. The van der Waals surface area contributed by atoms with Crippen molar-refractivity contribution in [1.82, 2.24) is 4.98 Å². The highest BCUT2D eigenvalue weighted by molar-refractivity contribution is 7.94. The summed E-state index contributed by atoms with van der Waals surface area (Å²) in [6.07, 6.45) is 1.31. The third-order valence-corrected chi connectivity index (χ3v) is 5.16. The Bertz CT molecular complexity index is 735. The second-order valence-corrected chi connectivity index (χ2v) is 7.01. The standard InChI is InChI=1S/C11H12N4O3S2/c1-7-13-6-10(19-7)20(17,18)15-9-4-2-8(3-5-9)11(12)14-16/h2-6,15-16H,1H3,(H2,12,14). The number of amidine groups is 1. The number of hydrogen-bond donors (Lipinski definition) is 3. The van der Waals surface area contributed by atoms with Gasteiger partial charge >= 0.3 is 0 Å². The van der Waals surface area contributed by atoms with Crippen molar-refractivity contribution in [3.63, 3.8) is 0 Å². The number of hydrogen-bond acceptors (Lipinski definition) is 6. The molecular formula is C11H12N4O3S2. The third-order valence-electron chi connectivity index (χ3n) is 2.41. The van der Waals surface area contributed by atoms with Gasteiger partial charge in [-0.1, -0.05) is 5.16 Å². The van der Waals surface area contributed by atoms with Gasteiger partial charge in [0.15, 0.2) is 10.0 Å². The molecule has 1 aromatic heterocycles. The maximum absolute atomic E-state index is 12.1. The SMILES string of the molecule is Cc1ncc(S(=O)(=O)Nc2ccc(/C(N)=N/O)cc2)s1. The molecule has 2 rings (SSSR count). The van der Waals surface area contributed by atoms with E-state index in [1.54, 1.807) is 19.1 Å². The monoisotopic (exact) mass is 312 g/mol. The Morgan fingerprint density at radius 3 is 2.55 bits per heavy atom. The predicted octanol–water partition coefficient (Wildman–Crippen LogP) is 1.35. The number of thiazole rings is 1. The molecule has 0 bridgehead atoms. The summed E-state index contributed by atoms with van der Waals surface area (Å²) in [5.41, 5.74) is 6.29. The highest BCUT2D eigenvalue weighted by Crippen LogP contribution is 2.21. The highest BCUT2D eigenvalue weighted by Gasteiger charge is 2.17. The number of oxime groups is 1. The van der Waals surface area contributed by atoms with Gasteiger partial charge in [-0.15, -0.1) is 11.3 Å². The van der Waals surface area contributed by atoms with E-state index in [1.807, 2.05) is 0 Å². The third kappa shape index (κ3) is 3.06. The smallest absolute Gasteiger partial charge is 0.273 e. The lowest BCUT2D eigenvalue weighted by Crippen LogP contribution is -2.14. The summed E-state index contributed by atoms with van der Waals surface area (Å²) in [6.45, 7) is 1.73. The number of nitrogens with zero attached hydrogens (tertiary/aromatic N) is 2. The number of rotatable bonds is 4. The summed E-state index contributed by atoms with van der Waals surface area (Å²) in [4.78, 5) is 3.91. The molecule has 0 saturated carbocycles. The second-order valence-electron chi connectivity index (χ2n) is 3.87. The van der Waals surface area contributed by atoms with E-state index in [-0.39, 0.29) is 10.0 Å². The predicted molar refractivity (Wildman–Crippen MR) is 76.6 cm³/mol. The zero-order chi connectivity index (χ0) is 14.8. The lowest BCUT2D eigenvalue weighted by atomic mass is 10.2. The minimum Gasteiger partial charge on any atom is -0.409 e. The van der Waals surface area contributed by atoms with Gasteiger partial charge in [-0.2, -0.15) is 0 Å². The van der Waals surface area contributed by atoms with Crippen LogP contribution in [0.1, 0.15) is 10.6 Å². The molecule has 20 heavy (non-hydrogen) atoms. The zero-order valence-electron chi connectivity index (χ0n) is 10.4. The summed E-state index contributed by atoms with van der Waals surface area (Å²) in [5.74, 6) is -0.0440. The van der Waals surface area contributed by atoms with Crippen LogP contribution >= 0.6 is 11.3 Å². The maximum atomic E-state index is 12.1. The Morgan fingerprint density at radius 2 is 2.05 bits per heavy atom. The number of sulfonamides is 1. The highest BCUT2D eigenvalue weighted by atomic mass is 32.2. The number of nitrogens with one attached hydrogen (secondary N) is 1. The first-order valence-electron chi connectivity index (χ1n) is 5.45. The molecule has 0 aliphatic carbocycles. The molecule has 0 atom stereocenters. The number of anilines is 1. The van der Waals surface area contributed by atoms with Crippen molar-refractivity contribution in [3.8, 4) is 0 Å². The molecule has 0 aliphatic rings. The van der Waals surface area contributed by atoms with Gasteiger partial charge in [0.1, 0.15) is 0 Å². The van der Waals surface area contributed by atoms with E-state index in [0.717, 1.165) is 11.3 Å². The molecule has 0 unspecified atom stereocenters. The Balaban J connectivity index is 2.22. The quantitative estimate of drug-likeness (QED) is 0.341. The second kappa shape index (κ2) is 5.47. The lowest BCUT2D eigenvalue weighted by molar-refractivity contribution is 0.318. The van der Waals surface area contributed by atoms with E-state index in [2.05, 4.69) is 14.9 Å². The van der Waals surface area contributed by atoms with Gasteiger partial charge in [0.2, 0.25) is 0 Å². The number of nitrogens with two attached hydrogens (primary N) is 1. The molecule has 4 N–H and O–H groups in total. The fourth-order valence-electron chi connectivity index (χ4n) is 1.44. The summed E-state index contributed by atoms with van der Waals surface area (Å²) in [7, 11) is -3.64. The van der Waals surface area contributed by atoms with Gasteiger partial charge in [-0.05, 0) is 31.2 Å². The first kappa shape index (κ1) is 14.3. The molecule has 1 heterocycles. The van der Waals surface area contributed by atoms with E-state index in [0.29, 0.717) is 16.3 Å². The van der Waals surface area contributed by atoms with Crippen LogP contribution in [0.5, 0.6) is 0 Å². The van der Waals surface area contributed by atoms with Gasteiger partial charge in [-0.25, -0.2) is 13.4 Å². The van der Waals surface area contributed by atoms with E-state index in [4.69, 9.17) is 10.9 Å². The average molecular weight is 312 g/mol. The topological polar surface area (TPSA) is 118 Å². The molecule has 0 aliphatic heterocycles. The van der Waals surface area contributed by atoms with Gasteiger partial charge in [0, 0.05) is 11.3 Å². The van der Waals surface area contributed by atoms with Crippen LogP contribution in [-0.4, -0.2) is 24.4 Å². The fourth-order valence-corrected chi connectivity index (χ4v) is 3.60. The van der Waals surface area contributed by atoms with Crippen LogP contribution in [0.2, 0.25) is 0 Å². The minimum absolute atomic E-state index is 0.0440. The molecule has 0 saturated heterocycles. The van der Waals surface area contributed by atoms with Crippen LogP contribution in [0, 0.1) is 6.92 Å². The number of benzene rings is 1. The van der Waals surface area contributed by atoms with E-state index in [1.165, 1.54) is 18.3 Å². The van der Waals surface area contributed by atoms with Crippen LogP contribution in [0.4, 0.5) is 5.69 Å². The van der Waals surface area contributed by atoms with E-state index in [9.17, 15) is 8.42 Å². The summed E-state index contributed by atoms with van der Waals surface area (Å²) < 4.78 is 26.7. The lowest BCUT2D eigenvalue weighted by Gasteiger charge is -2.06. The summed E-state index contributed by atoms with van der Waals surface area (Å²) in [6, 6.07) is 6.15. The first-order chi connectivity index (χ1) is 9.42. The molecule has 2 aromatic rings. The molecule has 0 fully saturated rings. The molecule has 9 heteroatoms. The van der Waals surface area contributed by atoms with Crippen molar-refractivity contribution < 1.29 is 13.6 Å². The van der Waals surface area contributed by atoms with Crippen molar-refractivity contribution in [1.29, 1.82) is 0 Å². The molecule has 106 valence electrons. The van der Waals surface area contributed by atoms with Gasteiger partial charge in [0.05, 0.1) is 11.2 Å². The van der Waals surface area contributed by atoms with Crippen LogP contribution in [0.25, 0.3) is 0 Å². The average Bonchev–Trinajstić information content (AvgIpc) is 2.86. The van der Waals surface area contributed by atoms with Crippen molar-refractivity contribution in [2.45, 2.75) is 11.1 Å². The Morgan fingerprint density at radius 1 is 1.40 bits per heavy atom. The van der Waals surface area contributed by atoms with Crippen LogP contribution in [0.3, 0.4) is 0 Å². The fraction of sp³-hybridized carbons (Fsp3) is 0.0909. The van der Waals surface area contributed by atoms with Gasteiger partial charge in [0.25, 0.3) is 10.0 Å². The van der Waals surface area contributed by atoms with Gasteiger partial charge in [-0.3, -0.25) is 4.72 Å². The number of aromatic nitrogens is 1. The van der Waals surface area contributed by atoms with Gasteiger partial charge < -0.3 is 10.9 Å². The summed E-state index contributed by atoms with van der Waals surface area (Å²) in [5, 5.41) is 12.1. The molecule has 0 radical (unpaired) electrons. The minimum atomic E-state index is -3.64. The normalized spacial score (nSPS) is 12.3. The molecule has 7 nitrogen and oxygen atoms in total. The summed E-state index contributed by atoms with van der Waals surface area (Å²) >= 11 is 1.09. The number of aryl methyl sites for hydroxylation is 1. The van der Waals surface area contributed by atoms with Crippen molar-refractivity contribution in [2.24, 2.45) is 10.9 Å². The Labute approximate surface area is 119 Å². The molecule has 0 amide bonds. The first-order valence-corrected chi connectivity index (χ1v) is 7.75. The van der Waals surface area contributed by atoms with Crippen molar-refractivity contribution >= 4 is 32.9 Å². The largest absolute Gasteiger partial charge is 0.409 e. The zero-order valence-corrected chi connectivity index (χ0v) is 12.1. The van der Waals surface area contributed by atoms with Crippen molar-refractivity contribution in [2.75, 3.05) is 4.72 Å². The van der Waals surface area contributed by atoms with E-state index < -0.39 is 10.0 Å². The Hall–Kier alpha value is -2.13.